The summed E-state index contributed by atoms with van der Waals surface area (Å²) in [5, 5.41) is 11.6. The maximum absolute atomic E-state index is 13.6. The van der Waals surface area contributed by atoms with E-state index in [0.29, 0.717) is 55.4 Å². The van der Waals surface area contributed by atoms with Crippen LogP contribution in [0.15, 0.2) is 72.3 Å². The minimum Gasteiger partial charge on any atom is -0.507 e. The first-order valence-corrected chi connectivity index (χ1v) is 15.1. The van der Waals surface area contributed by atoms with E-state index < -0.39 is 17.7 Å². The number of nitrogens with zero attached hydrogens (tertiary/aromatic N) is 2. The third-order valence-electron chi connectivity index (χ3n) is 8.08. The van der Waals surface area contributed by atoms with Crippen LogP contribution >= 0.6 is 0 Å². The highest BCUT2D eigenvalue weighted by Crippen LogP contribution is 2.43. The van der Waals surface area contributed by atoms with Gasteiger partial charge in [0.05, 0.1) is 18.2 Å². The highest BCUT2D eigenvalue weighted by molar-refractivity contribution is 6.46. The standard InChI is InChI=1S/C35H40N2O6/c1-5-36(6-2)17-18-37-32(25-13-16-29(30(21-25)41-7-3)42-22-24-11-9-8-10-12-24)31(34(39)35(37)40)33(38)26-14-15-28-27(20-26)19-23(4)43-28/h8-16,20-21,23,32,38H,5-7,17-19,22H2,1-4H3/t23-,32-/m0/s1. The van der Waals surface area contributed by atoms with Gasteiger partial charge in [0.25, 0.3) is 11.7 Å². The predicted octanol–water partition coefficient (Wildman–Crippen LogP) is 5.75. The molecule has 1 N–H and O–H groups in total. The maximum atomic E-state index is 13.6. The lowest BCUT2D eigenvalue weighted by molar-refractivity contribution is -0.140. The van der Waals surface area contributed by atoms with Crippen LogP contribution in [0.1, 0.15) is 56.0 Å². The molecule has 8 nitrogen and oxygen atoms in total. The van der Waals surface area contributed by atoms with Gasteiger partial charge in [0, 0.05) is 25.1 Å². The number of aliphatic hydroxyl groups excluding tert-OH is 1. The molecule has 1 fully saturated rings. The number of rotatable bonds is 12. The lowest BCUT2D eigenvalue weighted by Gasteiger charge is -2.28. The molecule has 1 saturated heterocycles. The van der Waals surface area contributed by atoms with Gasteiger partial charge in [0.1, 0.15) is 24.2 Å². The van der Waals surface area contributed by atoms with Crippen molar-refractivity contribution in [3.63, 3.8) is 0 Å². The Morgan fingerprint density at radius 3 is 2.47 bits per heavy atom. The Bertz CT molecular complexity index is 1500. The van der Waals surface area contributed by atoms with E-state index in [9.17, 15) is 14.7 Å². The Morgan fingerprint density at radius 1 is 0.977 bits per heavy atom. The van der Waals surface area contributed by atoms with Gasteiger partial charge >= 0.3 is 0 Å². The van der Waals surface area contributed by atoms with Crippen molar-refractivity contribution < 1.29 is 28.9 Å². The number of ether oxygens (including phenoxy) is 3. The van der Waals surface area contributed by atoms with E-state index in [1.807, 2.05) is 74.5 Å². The summed E-state index contributed by atoms with van der Waals surface area (Å²) >= 11 is 0. The quantitative estimate of drug-likeness (QED) is 0.165. The fourth-order valence-electron chi connectivity index (χ4n) is 5.79. The van der Waals surface area contributed by atoms with Gasteiger partial charge in [0.2, 0.25) is 0 Å². The molecule has 226 valence electrons. The molecule has 2 aliphatic heterocycles. The highest BCUT2D eigenvalue weighted by atomic mass is 16.5. The van der Waals surface area contributed by atoms with Crippen molar-refractivity contribution in [3.05, 3.63) is 94.6 Å². The molecule has 0 radical (unpaired) electrons. The lowest BCUT2D eigenvalue weighted by Crippen LogP contribution is -2.38. The highest BCUT2D eigenvalue weighted by Gasteiger charge is 2.46. The number of hydrogen-bond donors (Lipinski definition) is 1. The minimum atomic E-state index is -0.790. The number of likely N-dealkylation sites (N-methyl/N-ethyl adjacent to an activating group) is 1. The third kappa shape index (κ3) is 6.39. The van der Waals surface area contributed by atoms with Crippen LogP contribution in [0.5, 0.6) is 17.2 Å². The summed E-state index contributed by atoms with van der Waals surface area (Å²) in [6.07, 6.45) is 0.748. The molecule has 0 saturated carbocycles. The first-order chi connectivity index (χ1) is 20.8. The van der Waals surface area contributed by atoms with Gasteiger partial charge < -0.3 is 29.1 Å². The summed E-state index contributed by atoms with van der Waals surface area (Å²) in [5.41, 5.74) is 3.19. The lowest BCUT2D eigenvalue weighted by atomic mass is 9.94. The van der Waals surface area contributed by atoms with Gasteiger partial charge in [-0.15, -0.1) is 0 Å². The van der Waals surface area contributed by atoms with Crippen LogP contribution in [0.2, 0.25) is 0 Å². The van der Waals surface area contributed by atoms with Gasteiger partial charge in [-0.3, -0.25) is 9.59 Å². The molecule has 5 rings (SSSR count). The van der Waals surface area contributed by atoms with Gasteiger partial charge in [-0.2, -0.15) is 0 Å². The van der Waals surface area contributed by atoms with E-state index in [2.05, 4.69) is 18.7 Å². The zero-order chi connectivity index (χ0) is 30.5. The second-order valence-electron chi connectivity index (χ2n) is 10.9. The van der Waals surface area contributed by atoms with E-state index in [-0.39, 0.29) is 17.4 Å². The Labute approximate surface area is 253 Å². The van der Waals surface area contributed by atoms with Crippen LogP contribution in [0.3, 0.4) is 0 Å². The van der Waals surface area contributed by atoms with Crippen molar-refractivity contribution in [3.8, 4) is 17.2 Å². The second-order valence-corrected chi connectivity index (χ2v) is 10.9. The van der Waals surface area contributed by atoms with E-state index >= 15 is 0 Å². The van der Waals surface area contributed by atoms with Crippen molar-refractivity contribution in [1.82, 2.24) is 9.80 Å². The van der Waals surface area contributed by atoms with Crippen molar-refractivity contribution in [2.45, 2.75) is 52.9 Å². The van der Waals surface area contributed by atoms with Crippen LogP contribution < -0.4 is 14.2 Å². The summed E-state index contributed by atoms with van der Waals surface area (Å²) < 4.78 is 17.9. The fourth-order valence-corrected chi connectivity index (χ4v) is 5.79. The van der Waals surface area contributed by atoms with E-state index in [1.165, 1.54) is 0 Å². The van der Waals surface area contributed by atoms with E-state index in [1.54, 1.807) is 11.0 Å². The van der Waals surface area contributed by atoms with Crippen molar-refractivity contribution in [2.24, 2.45) is 0 Å². The van der Waals surface area contributed by atoms with Crippen molar-refractivity contribution >= 4 is 17.4 Å². The zero-order valence-electron chi connectivity index (χ0n) is 25.3. The Hall–Kier alpha value is -4.30. The number of carbonyl (C=O) groups is 2. The van der Waals surface area contributed by atoms with E-state index in [0.717, 1.165) is 30.0 Å². The zero-order valence-corrected chi connectivity index (χ0v) is 25.3. The molecule has 3 aromatic rings. The smallest absolute Gasteiger partial charge is 0.295 e. The monoisotopic (exact) mass is 584 g/mol. The predicted molar refractivity (Wildman–Crippen MR) is 165 cm³/mol. The Kier molecular flexibility index (Phi) is 9.36. The molecule has 0 bridgehead atoms. The maximum Gasteiger partial charge on any atom is 0.295 e. The average Bonchev–Trinajstić information content (AvgIpc) is 3.52. The summed E-state index contributed by atoms with van der Waals surface area (Å²) in [6.45, 7) is 11.4. The molecule has 0 spiro atoms. The van der Waals surface area contributed by atoms with Gasteiger partial charge in [-0.1, -0.05) is 50.2 Å². The molecule has 0 aromatic heterocycles. The summed E-state index contributed by atoms with van der Waals surface area (Å²) in [6, 6.07) is 19.9. The van der Waals surface area contributed by atoms with Crippen LogP contribution in [0.4, 0.5) is 0 Å². The number of likely N-dealkylation sites (tertiary alicyclic amines) is 1. The number of Topliss-reactive ketones (excluding diaryl/α,β-unsaturated/α-hetero) is 1. The molecule has 0 unspecified atom stereocenters. The Balaban J connectivity index is 1.55. The normalized spacial score (nSPS) is 19.0. The molecule has 3 aromatic carbocycles. The number of amides is 1. The number of benzene rings is 3. The second kappa shape index (κ2) is 13.3. The molecule has 1 amide bonds. The molecular weight excluding hydrogens is 544 g/mol. The van der Waals surface area contributed by atoms with Crippen LogP contribution in [-0.4, -0.2) is 65.5 Å². The third-order valence-corrected chi connectivity index (χ3v) is 8.08. The molecule has 0 aliphatic carbocycles. The number of aliphatic hydroxyl groups is 1. The number of fused-ring (bicyclic) bond motifs is 1. The molecule has 2 heterocycles. The Morgan fingerprint density at radius 2 is 1.74 bits per heavy atom. The van der Waals surface area contributed by atoms with Crippen LogP contribution in [0.25, 0.3) is 5.76 Å². The van der Waals surface area contributed by atoms with Crippen LogP contribution in [0, 0.1) is 0 Å². The van der Waals surface area contributed by atoms with Gasteiger partial charge in [-0.25, -0.2) is 0 Å². The van der Waals surface area contributed by atoms with Gasteiger partial charge in [0.15, 0.2) is 11.5 Å². The first kappa shape index (κ1) is 30.2. The summed E-state index contributed by atoms with van der Waals surface area (Å²) in [4.78, 5) is 30.9. The number of ketones is 1. The SMILES string of the molecule is CCOc1cc([C@H]2C(=C(O)c3ccc4c(c3)C[C@H](C)O4)C(=O)C(=O)N2CCN(CC)CC)ccc1OCc1ccccc1. The molecule has 8 heteroatoms. The fraction of sp³-hybridized carbons (Fsp3) is 0.371. The largest absolute Gasteiger partial charge is 0.507 e. The molecule has 2 aliphatic rings. The first-order valence-electron chi connectivity index (χ1n) is 15.1. The summed E-state index contributed by atoms with van der Waals surface area (Å²) in [5.74, 6) is 0.316. The number of hydrogen-bond acceptors (Lipinski definition) is 7. The molecule has 43 heavy (non-hydrogen) atoms. The topological polar surface area (TPSA) is 88.5 Å². The number of carbonyl (C=O) groups excluding carboxylic acids is 2. The van der Waals surface area contributed by atoms with Gasteiger partial charge in [-0.05, 0) is 74.0 Å². The average molecular weight is 585 g/mol. The van der Waals surface area contributed by atoms with Crippen molar-refractivity contribution in [2.75, 3.05) is 32.8 Å². The molecular formula is C35H40N2O6. The van der Waals surface area contributed by atoms with Crippen LogP contribution in [-0.2, 0) is 22.6 Å². The molecule has 2 atom stereocenters. The summed E-state index contributed by atoms with van der Waals surface area (Å²) in [7, 11) is 0. The van der Waals surface area contributed by atoms with E-state index in [4.69, 9.17) is 14.2 Å². The minimum absolute atomic E-state index is 0.0395. The van der Waals surface area contributed by atoms with Crippen molar-refractivity contribution in [1.29, 1.82) is 0 Å².